The number of hydrogen-bond acceptors (Lipinski definition) is 0. The normalized spacial score (nSPS) is 12.9. The monoisotopic (exact) mass is 162 g/mol. The van der Waals surface area contributed by atoms with Gasteiger partial charge in [-0.25, -0.2) is 0 Å². The molecule has 44 valence electrons. The van der Waals surface area contributed by atoms with Crippen LogP contribution in [0.25, 0.3) is 0 Å². The van der Waals surface area contributed by atoms with Crippen molar-refractivity contribution in [1.82, 2.24) is 0 Å². The van der Waals surface area contributed by atoms with E-state index in [0.717, 1.165) is 5.92 Å². The fourth-order valence-electron chi connectivity index (χ4n) is 0. The van der Waals surface area contributed by atoms with Gasteiger partial charge in [0.15, 0.2) is 0 Å². The molecule has 7 heavy (non-hydrogen) atoms. The van der Waals surface area contributed by atoms with Crippen molar-refractivity contribution in [3.05, 3.63) is 0 Å². The molecule has 0 aromatic carbocycles. The van der Waals surface area contributed by atoms with Gasteiger partial charge in [-0.05, 0) is 0 Å². The third-order valence-electron chi connectivity index (χ3n) is 1.49. The minimum absolute atomic E-state index is 0.562. The van der Waals surface area contributed by atoms with Crippen molar-refractivity contribution in [3.8, 4) is 0 Å². The summed E-state index contributed by atoms with van der Waals surface area (Å²) in [5, 5.41) is 0. The molecule has 0 rings (SSSR count). The van der Waals surface area contributed by atoms with Crippen LogP contribution in [0.2, 0.25) is 4.20 Å². The quantitative estimate of drug-likeness (QED) is 0.512. The summed E-state index contributed by atoms with van der Waals surface area (Å²) in [5.74, 6) is 0.826. The number of hydrogen-bond donors (Lipinski definition) is 0. The van der Waals surface area contributed by atoms with Gasteiger partial charge in [-0.2, -0.15) is 0 Å². The first-order valence-corrected chi connectivity index (χ1v) is 3.94. The Labute approximate surface area is 55.2 Å². The molecular weight excluding hydrogens is 147 g/mol. The Morgan fingerprint density at radius 2 is 1.43 bits per heavy atom. The summed E-state index contributed by atoms with van der Waals surface area (Å²) in [6, 6.07) is 0. The van der Waals surface area contributed by atoms with Crippen molar-refractivity contribution >= 4 is 16.9 Å². The van der Waals surface area contributed by atoms with E-state index in [1.165, 1.54) is 0 Å². The van der Waals surface area contributed by atoms with Crippen LogP contribution in [-0.4, -0.2) is 16.9 Å². The molecule has 0 aromatic heterocycles. The van der Waals surface area contributed by atoms with Crippen LogP contribution >= 0.6 is 0 Å². The second-order valence-electron chi connectivity index (χ2n) is 2.98. The summed E-state index contributed by atoms with van der Waals surface area (Å²) >= 11 is 1.83. The van der Waals surface area contributed by atoms with Gasteiger partial charge in [-0.15, -0.1) is 0 Å². The molecule has 0 nitrogen and oxygen atoms in total. The fourth-order valence-corrected chi connectivity index (χ4v) is 0. The summed E-state index contributed by atoms with van der Waals surface area (Å²) in [4.78, 5) is 0. The zero-order valence-corrected chi connectivity index (χ0v) is 8.08. The van der Waals surface area contributed by atoms with E-state index in [1.807, 2.05) is 16.9 Å². The van der Waals surface area contributed by atoms with Crippen LogP contribution in [-0.2, 0) is 0 Å². The Bertz CT molecular complexity index is 49.7. The van der Waals surface area contributed by atoms with Crippen molar-refractivity contribution in [2.75, 3.05) is 0 Å². The molecule has 0 radical (unpaired) electrons. The first-order chi connectivity index (χ1) is 2.94. The molecular formula is C6H15As. The first kappa shape index (κ1) is 7.56. The van der Waals surface area contributed by atoms with E-state index in [9.17, 15) is 0 Å². The fraction of sp³-hybridized carbons (Fsp3) is 1.00. The van der Waals surface area contributed by atoms with E-state index in [1.54, 1.807) is 0 Å². The van der Waals surface area contributed by atoms with Crippen LogP contribution in [0.1, 0.15) is 27.7 Å². The third kappa shape index (κ3) is 3.17. The molecule has 0 heterocycles. The molecule has 0 bridgehead atoms. The predicted molar refractivity (Wildman–Crippen MR) is 37.4 cm³/mol. The Morgan fingerprint density at radius 1 is 1.29 bits per heavy atom. The Kier molecular flexibility index (Phi) is 2.39. The predicted octanol–water partition coefficient (Wildman–Crippen LogP) is 1.47. The number of rotatable bonds is 1. The van der Waals surface area contributed by atoms with Gasteiger partial charge in [-0.3, -0.25) is 0 Å². The van der Waals surface area contributed by atoms with Crippen molar-refractivity contribution in [2.45, 2.75) is 31.9 Å². The molecule has 0 aliphatic rings. The van der Waals surface area contributed by atoms with Crippen LogP contribution in [0.3, 0.4) is 0 Å². The standard InChI is InChI=1S/C6H15As/c1-5(2)6(3,4)7/h5H,7H2,1-4H3. The van der Waals surface area contributed by atoms with Crippen LogP contribution in [0, 0.1) is 5.92 Å². The van der Waals surface area contributed by atoms with Gasteiger partial charge in [0.1, 0.15) is 0 Å². The average molecular weight is 162 g/mol. The molecule has 0 aliphatic carbocycles. The van der Waals surface area contributed by atoms with Crippen molar-refractivity contribution in [3.63, 3.8) is 0 Å². The summed E-state index contributed by atoms with van der Waals surface area (Å²) in [5.41, 5.74) is 0. The van der Waals surface area contributed by atoms with E-state index in [4.69, 9.17) is 0 Å². The minimum atomic E-state index is 0.562. The average Bonchev–Trinajstić information content (AvgIpc) is 1.31. The second kappa shape index (κ2) is 2.22. The molecule has 0 aromatic rings. The topological polar surface area (TPSA) is 0 Å². The van der Waals surface area contributed by atoms with Crippen molar-refractivity contribution < 1.29 is 0 Å². The summed E-state index contributed by atoms with van der Waals surface area (Å²) < 4.78 is 0.562. The summed E-state index contributed by atoms with van der Waals surface area (Å²) in [7, 11) is 0. The van der Waals surface area contributed by atoms with Gasteiger partial charge >= 0.3 is 54.7 Å². The van der Waals surface area contributed by atoms with Gasteiger partial charge in [-0.1, -0.05) is 0 Å². The van der Waals surface area contributed by atoms with Crippen molar-refractivity contribution in [2.24, 2.45) is 5.92 Å². The molecule has 1 unspecified atom stereocenters. The maximum absolute atomic E-state index is 2.29. The molecule has 0 saturated carbocycles. The van der Waals surface area contributed by atoms with Crippen LogP contribution in [0.4, 0.5) is 0 Å². The van der Waals surface area contributed by atoms with Gasteiger partial charge in [0.05, 0.1) is 0 Å². The van der Waals surface area contributed by atoms with Crippen molar-refractivity contribution in [1.29, 1.82) is 0 Å². The third-order valence-corrected chi connectivity index (χ3v) is 2.89. The SMILES string of the molecule is CC(C)C(C)(C)[AsH2]. The molecule has 0 amide bonds. The van der Waals surface area contributed by atoms with E-state index < -0.39 is 0 Å². The molecule has 0 N–H and O–H groups in total. The molecule has 1 atom stereocenters. The molecule has 0 saturated heterocycles. The Hall–Kier alpha value is 0.558. The first-order valence-electron chi connectivity index (χ1n) is 2.73. The van der Waals surface area contributed by atoms with E-state index in [-0.39, 0.29) is 0 Å². The molecule has 0 aliphatic heterocycles. The van der Waals surface area contributed by atoms with E-state index in [0.29, 0.717) is 4.20 Å². The molecule has 0 spiro atoms. The van der Waals surface area contributed by atoms with Gasteiger partial charge in [0.25, 0.3) is 0 Å². The van der Waals surface area contributed by atoms with E-state index in [2.05, 4.69) is 27.7 Å². The van der Waals surface area contributed by atoms with Gasteiger partial charge in [0, 0.05) is 0 Å². The molecule has 1 heteroatoms. The van der Waals surface area contributed by atoms with E-state index >= 15 is 0 Å². The van der Waals surface area contributed by atoms with Crippen LogP contribution < -0.4 is 0 Å². The Morgan fingerprint density at radius 3 is 1.43 bits per heavy atom. The summed E-state index contributed by atoms with van der Waals surface area (Å²) in [6.07, 6.45) is 0. The second-order valence-corrected chi connectivity index (χ2v) is 6.10. The van der Waals surface area contributed by atoms with Crippen LogP contribution in [0.5, 0.6) is 0 Å². The van der Waals surface area contributed by atoms with Crippen LogP contribution in [0.15, 0.2) is 0 Å². The maximum atomic E-state index is 2.29. The zero-order chi connectivity index (χ0) is 6.08. The molecule has 0 fully saturated rings. The van der Waals surface area contributed by atoms with Gasteiger partial charge < -0.3 is 0 Å². The zero-order valence-electron chi connectivity index (χ0n) is 5.65. The van der Waals surface area contributed by atoms with Gasteiger partial charge in [0.2, 0.25) is 0 Å². The summed E-state index contributed by atoms with van der Waals surface area (Å²) in [6.45, 7) is 9.11. The Balaban J connectivity index is 3.54.